The van der Waals surface area contributed by atoms with E-state index in [0.29, 0.717) is 15.9 Å². The van der Waals surface area contributed by atoms with Crippen LogP contribution in [0.2, 0.25) is 5.02 Å². The van der Waals surface area contributed by atoms with Crippen LogP contribution >= 0.6 is 23.8 Å². The van der Waals surface area contributed by atoms with Crippen LogP contribution in [0, 0.1) is 13.8 Å². The molecule has 0 saturated carbocycles. The number of carbonyl (C=O) groups excluding carboxylic acids is 1. The molecule has 1 rings (SSSR count). The minimum atomic E-state index is -0.676. The van der Waals surface area contributed by atoms with Gasteiger partial charge in [-0.25, -0.2) is 0 Å². The molecule has 0 aliphatic rings. The summed E-state index contributed by atoms with van der Waals surface area (Å²) >= 11 is 11.1. The molecule has 0 spiro atoms. The lowest BCUT2D eigenvalue weighted by Gasteiger charge is -2.19. The Morgan fingerprint density at radius 1 is 1.29 bits per heavy atom. The molecule has 1 aromatic rings. The number of rotatable bonds is 6. The van der Waals surface area contributed by atoms with E-state index in [1.807, 2.05) is 13.8 Å². The van der Waals surface area contributed by atoms with Crippen LogP contribution in [0.25, 0.3) is 0 Å². The predicted octanol–water partition coefficient (Wildman–Crippen LogP) is 0.364. The Labute approximate surface area is 153 Å². The van der Waals surface area contributed by atoms with E-state index in [0.717, 1.165) is 24.2 Å². The maximum atomic E-state index is 12.1. The lowest BCUT2D eigenvalue weighted by Crippen LogP contribution is -3.06. The summed E-state index contributed by atoms with van der Waals surface area (Å²) in [6, 6.07) is 3.61. The minimum absolute atomic E-state index is 0.314. The minimum Gasteiger partial charge on any atom is -0.480 e. The summed E-state index contributed by atoms with van der Waals surface area (Å²) < 4.78 is 5.76. The van der Waals surface area contributed by atoms with Crippen LogP contribution < -0.4 is 25.8 Å². The fraction of sp³-hybridized carbons (Fsp3) is 0.500. The molecule has 1 atom stereocenters. The SMILES string of the molecule is Cc1cc(Cl)cc(C)c1O[C@@H](C)C(=O)NNC(=S)NCC[NH+](C)C. The number of likely N-dealkylation sites (N-methyl/N-ethyl adjacent to an activating group) is 1. The van der Waals surface area contributed by atoms with Crippen molar-refractivity contribution in [2.75, 3.05) is 27.2 Å². The number of hydrogen-bond acceptors (Lipinski definition) is 3. The normalized spacial score (nSPS) is 11.8. The Balaban J connectivity index is 2.47. The van der Waals surface area contributed by atoms with E-state index in [9.17, 15) is 4.79 Å². The molecule has 0 saturated heterocycles. The van der Waals surface area contributed by atoms with Crippen LogP contribution in [0.5, 0.6) is 5.75 Å². The smallest absolute Gasteiger partial charge is 0.279 e. The zero-order valence-corrected chi connectivity index (χ0v) is 16.3. The first-order valence-electron chi connectivity index (χ1n) is 7.76. The van der Waals surface area contributed by atoms with Crippen molar-refractivity contribution in [3.8, 4) is 5.75 Å². The van der Waals surface area contributed by atoms with Crippen LogP contribution in [-0.4, -0.2) is 44.3 Å². The molecule has 8 heteroatoms. The number of aryl methyl sites for hydroxylation is 2. The van der Waals surface area contributed by atoms with E-state index in [2.05, 4.69) is 30.3 Å². The number of thiocarbonyl (C=S) groups is 1. The largest absolute Gasteiger partial charge is 0.480 e. The quantitative estimate of drug-likeness (QED) is 0.428. The van der Waals surface area contributed by atoms with Crippen molar-refractivity contribution < 1.29 is 14.4 Å². The van der Waals surface area contributed by atoms with Crippen molar-refractivity contribution in [2.24, 2.45) is 0 Å². The Bertz CT molecular complexity index is 572. The molecule has 0 bridgehead atoms. The summed E-state index contributed by atoms with van der Waals surface area (Å²) in [5.74, 6) is 0.350. The van der Waals surface area contributed by atoms with Crippen molar-refractivity contribution >= 4 is 34.8 Å². The van der Waals surface area contributed by atoms with Crippen molar-refractivity contribution in [2.45, 2.75) is 26.9 Å². The standard InChI is InChI=1S/C16H25ClN4O2S/c1-10-8-13(17)9-11(2)14(10)23-12(3)15(22)19-20-16(24)18-6-7-21(4)5/h8-9,12H,6-7H2,1-5H3,(H,19,22)(H2,18,20,24)/p+1/t12-/m0/s1. The van der Waals surface area contributed by atoms with Crippen molar-refractivity contribution in [3.63, 3.8) is 0 Å². The number of hydrogen-bond donors (Lipinski definition) is 4. The van der Waals surface area contributed by atoms with Gasteiger partial charge in [0.1, 0.15) is 5.75 Å². The van der Waals surface area contributed by atoms with Crippen LogP contribution in [-0.2, 0) is 4.79 Å². The van der Waals surface area contributed by atoms with Gasteiger partial charge in [-0.05, 0) is 56.2 Å². The summed E-state index contributed by atoms with van der Waals surface area (Å²) in [6.45, 7) is 7.10. The zero-order chi connectivity index (χ0) is 18.3. The van der Waals surface area contributed by atoms with Crippen LogP contribution in [0.15, 0.2) is 12.1 Å². The number of amides is 1. The Hall–Kier alpha value is -1.57. The van der Waals surface area contributed by atoms with Gasteiger partial charge >= 0.3 is 0 Å². The highest BCUT2D eigenvalue weighted by Gasteiger charge is 2.17. The van der Waals surface area contributed by atoms with E-state index in [1.54, 1.807) is 19.1 Å². The average Bonchev–Trinajstić information content (AvgIpc) is 2.47. The van der Waals surface area contributed by atoms with Gasteiger partial charge in [0.05, 0.1) is 27.2 Å². The Morgan fingerprint density at radius 3 is 2.42 bits per heavy atom. The molecule has 0 aromatic heterocycles. The fourth-order valence-electron chi connectivity index (χ4n) is 2.00. The molecule has 0 heterocycles. The number of nitrogens with one attached hydrogen (secondary N) is 4. The Kier molecular flexibility index (Phi) is 8.24. The topological polar surface area (TPSA) is 66.8 Å². The molecule has 0 radical (unpaired) electrons. The average molecular weight is 374 g/mol. The van der Waals surface area contributed by atoms with E-state index >= 15 is 0 Å². The van der Waals surface area contributed by atoms with Gasteiger partial charge in [-0.1, -0.05) is 11.6 Å². The van der Waals surface area contributed by atoms with Gasteiger partial charge in [-0.3, -0.25) is 15.6 Å². The third-order valence-corrected chi connectivity index (χ3v) is 3.76. The lowest BCUT2D eigenvalue weighted by molar-refractivity contribution is -0.856. The number of carbonyl (C=O) groups is 1. The van der Waals surface area contributed by atoms with E-state index < -0.39 is 6.10 Å². The molecular formula is C16H26ClN4O2S+. The van der Waals surface area contributed by atoms with Crippen LogP contribution in [0.4, 0.5) is 0 Å². The van der Waals surface area contributed by atoms with Crippen molar-refractivity contribution in [1.82, 2.24) is 16.2 Å². The van der Waals surface area contributed by atoms with E-state index in [4.69, 9.17) is 28.6 Å². The predicted molar refractivity (Wildman–Crippen MR) is 101 cm³/mol. The molecule has 1 amide bonds. The second kappa shape index (κ2) is 9.66. The second-order valence-electron chi connectivity index (χ2n) is 5.96. The molecule has 0 aliphatic carbocycles. The first-order valence-corrected chi connectivity index (χ1v) is 8.55. The molecular weight excluding hydrogens is 348 g/mol. The third kappa shape index (κ3) is 6.90. The van der Waals surface area contributed by atoms with Crippen LogP contribution in [0.3, 0.4) is 0 Å². The van der Waals surface area contributed by atoms with Crippen molar-refractivity contribution in [3.05, 3.63) is 28.3 Å². The summed E-state index contributed by atoms with van der Waals surface area (Å²) in [4.78, 5) is 13.4. The van der Waals surface area contributed by atoms with Gasteiger partial charge in [-0.15, -0.1) is 0 Å². The monoisotopic (exact) mass is 373 g/mol. The molecule has 134 valence electrons. The van der Waals surface area contributed by atoms with Gasteiger partial charge < -0.3 is 15.0 Å². The van der Waals surface area contributed by atoms with Gasteiger partial charge in [0.15, 0.2) is 11.2 Å². The first kappa shape index (κ1) is 20.5. The van der Waals surface area contributed by atoms with Gasteiger partial charge in [0.25, 0.3) is 5.91 Å². The van der Waals surface area contributed by atoms with Gasteiger partial charge in [0.2, 0.25) is 0 Å². The lowest BCUT2D eigenvalue weighted by atomic mass is 10.1. The number of halogens is 1. The molecule has 4 N–H and O–H groups in total. The number of benzene rings is 1. The molecule has 24 heavy (non-hydrogen) atoms. The molecule has 0 fully saturated rings. The number of quaternary nitrogens is 1. The summed E-state index contributed by atoms with van der Waals surface area (Å²) in [5, 5.41) is 4.03. The fourth-order valence-corrected chi connectivity index (χ4v) is 2.48. The van der Waals surface area contributed by atoms with Gasteiger partial charge in [-0.2, -0.15) is 0 Å². The zero-order valence-electron chi connectivity index (χ0n) is 14.7. The van der Waals surface area contributed by atoms with Crippen LogP contribution in [0.1, 0.15) is 18.1 Å². The summed E-state index contributed by atoms with van der Waals surface area (Å²) in [6.07, 6.45) is -0.676. The molecule has 0 aliphatic heterocycles. The molecule has 1 aromatic carbocycles. The highest BCUT2D eigenvalue weighted by molar-refractivity contribution is 7.80. The highest BCUT2D eigenvalue weighted by Crippen LogP contribution is 2.27. The first-order chi connectivity index (χ1) is 11.2. The van der Waals surface area contributed by atoms with Gasteiger partial charge in [0, 0.05) is 5.02 Å². The van der Waals surface area contributed by atoms with Crippen molar-refractivity contribution in [1.29, 1.82) is 0 Å². The molecule has 0 unspecified atom stereocenters. The summed E-state index contributed by atoms with van der Waals surface area (Å²) in [7, 11) is 4.11. The maximum Gasteiger partial charge on any atom is 0.279 e. The number of ether oxygens (including phenoxy) is 1. The second-order valence-corrected chi connectivity index (χ2v) is 6.80. The molecule has 6 nitrogen and oxygen atoms in total. The Morgan fingerprint density at radius 2 is 1.88 bits per heavy atom. The van der Waals surface area contributed by atoms with E-state index in [1.165, 1.54) is 4.90 Å². The highest BCUT2D eigenvalue weighted by atomic mass is 35.5. The summed E-state index contributed by atoms with van der Waals surface area (Å²) in [5.41, 5.74) is 6.98. The van der Waals surface area contributed by atoms with E-state index in [-0.39, 0.29) is 5.91 Å². The number of hydrazine groups is 1. The third-order valence-electron chi connectivity index (χ3n) is 3.30. The maximum absolute atomic E-state index is 12.1.